The van der Waals surface area contributed by atoms with Gasteiger partial charge in [-0.25, -0.2) is 0 Å². The van der Waals surface area contributed by atoms with Crippen molar-refractivity contribution in [2.24, 2.45) is 0 Å². The zero-order valence-electron chi connectivity index (χ0n) is 8.33. The summed E-state index contributed by atoms with van der Waals surface area (Å²) in [6.45, 7) is 2.00. The molecule has 0 spiro atoms. The maximum atomic E-state index is 11.4. The minimum absolute atomic E-state index is 0. The summed E-state index contributed by atoms with van der Waals surface area (Å²) in [5.74, 6) is -1.52. The fourth-order valence-electron chi connectivity index (χ4n) is 1.50. The normalized spacial score (nSPS) is 22.7. The molecule has 1 rings (SSSR count). The number of halogens is 1. The van der Waals surface area contributed by atoms with Crippen LogP contribution in [0.2, 0.25) is 0 Å². The standard InChI is InChI=1S/C8H12ClNO3.Li/c1-5(9)7(11)10-4-2-3-6(10)8(12)13;/h5-6H,2-4H2,1H3,(H,12,13);/q;+1/p-1/t5-,6-;/m1./s1. The molecule has 0 N–H and O–H groups in total. The second-order valence-electron chi connectivity index (χ2n) is 3.12. The first-order valence-corrected chi connectivity index (χ1v) is 4.63. The Labute approximate surface area is 99.8 Å². The molecular formula is C8H11ClLiNO3. The predicted molar refractivity (Wildman–Crippen MR) is 45.1 cm³/mol. The Morgan fingerprint density at radius 2 is 2.14 bits per heavy atom. The van der Waals surface area contributed by atoms with E-state index in [0.29, 0.717) is 19.4 Å². The van der Waals surface area contributed by atoms with Crippen LogP contribution in [0.4, 0.5) is 0 Å². The molecule has 74 valence electrons. The average molecular weight is 212 g/mol. The van der Waals surface area contributed by atoms with Crippen molar-refractivity contribution in [1.29, 1.82) is 0 Å². The van der Waals surface area contributed by atoms with Gasteiger partial charge in [-0.3, -0.25) is 4.79 Å². The van der Waals surface area contributed by atoms with Gasteiger partial charge in [0.2, 0.25) is 5.91 Å². The van der Waals surface area contributed by atoms with Gasteiger partial charge in [0.05, 0.1) is 12.0 Å². The number of nitrogens with zero attached hydrogens (tertiary/aromatic N) is 1. The maximum Gasteiger partial charge on any atom is 1.00 e. The third-order valence-corrected chi connectivity index (χ3v) is 2.33. The molecule has 4 nitrogen and oxygen atoms in total. The van der Waals surface area contributed by atoms with Gasteiger partial charge in [0.15, 0.2) is 0 Å². The number of hydrogen-bond acceptors (Lipinski definition) is 3. The van der Waals surface area contributed by atoms with Gasteiger partial charge in [-0.15, -0.1) is 11.6 Å². The molecule has 1 saturated heterocycles. The molecule has 0 aromatic rings. The van der Waals surface area contributed by atoms with E-state index < -0.39 is 17.4 Å². The number of likely N-dealkylation sites (tertiary alicyclic amines) is 1. The van der Waals surface area contributed by atoms with Gasteiger partial charge in [-0.2, -0.15) is 0 Å². The van der Waals surface area contributed by atoms with Gasteiger partial charge in [0, 0.05) is 6.54 Å². The smallest absolute Gasteiger partial charge is 0.548 e. The van der Waals surface area contributed by atoms with Crippen LogP contribution in [0.3, 0.4) is 0 Å². The van der Waals surface area contributed by atoms with Crippen LogP contribution in [0.1, 0.15) is 19.8 Å². The number of aliphatic carboxylic acids is 1. The SMILES string of the molecule is C[C@@H](Cl)C(=O)N1CCC[C@@H]1C(=O)[O-].[Li+]. The third kappa shape index (κ3) is 2.91. The quantitative estimate of drug-likeness (QED) is 0.350. The summed E-state index contributed by atoms with van der Waals surface area (Å²) in [7, 11) is 0. The summed E-state index contributed by atoms with van der Waals surface area (Å²) in [5, 5.41) is 9.92. The van der Waals surface area contributed by atoms with Crippen molar-refractivity contribution in [3.05, 3.63) is 0 Å². The molecule has 0 aromatic heterocycles. The average Bonchev–Trinajstić information content (AvgIpc) is 2.50. The first kappa shape index (κ1) is 13.8. The minimum atomic E-state index is -1.19. The van der Waals surface area contributed by atoms with Crippen molar-refractivity contribution in [1.82, 2.24) is 4.90 Å². The Bertz CT molecular complexity index is 235. The Morgan fingerprint density at radius 3 is 2.57 bits per heavy atom. The summed E-state index contributed by atoms with van der Waals surface area (Å²) in [4.78, 5) is 23.2. The number of carbonyl (C=O) groups excluding carboxylic acids is 2. The van der Waals surface area contributed by atoms with Crippen LogP contribution in [0.15, 0.2) is 0 Å². The molecule has 2 atom stereocenters. The second kappa shape index (κ2) is 5.65. The monoisotopic (exact) mass is 211 g/mol. The van der Waals surface area contributed by atoms with Gasteiger partial charge in [0.1, 0.15) is 5.38 Å². The number of carbonyl (C=O) groups is 2. The van der Waals surface area contributed by atoms with Crippen molar-refractivity contribution in [3.63, 3.8) is 0 Å². The van der Waals surface area contributed by atoms with Crippen molar-refractivity contribution >= 4 is 23.5 Å². The molecule has 1 heterocycles. The zero-order valence-corrected chi connectivity index (χ0v) is 9.08. The zero-order chi connectivity index (χ0) is 10.0. The Morgan fingerprint density at radius 1 is 1.57 bits per heavy atom. The fourth-order valence-corrected chi connectivity index (χ4v) is 1.63. The van der Waals surface area contributed by atoms with Crippen molar-refractivity contribution < 1.29 is 33.6 Å². The molecular weight excluding hydrogens is 200 g/mol. The van der Waals surface area contributed by atoms with Crippen LogP contribution in [0.25, 0.3) is 0 Å². The van der Waals surface area contributed by atoms with E-state index in [9.17, 15) is 14.7 Å². The molecule has 1 fully saturated rings. The van der Waals surface area contributed by atoms with Crippen molar-refractivity contribution in [2.45, 2.75) is 31.2 Å². The van der Waals surface area contributed by atoms with Crippen LogP contribution >= 0.6 is 11.6 Å². The van der Waals surface area contributed by atoms with Crippen LogP contribution < -0.4 is 24.0 Å². The Hall–Kier alpha value is -0.173. The second-order valence-corrected chi connectivity index (χ2v) is 3.78. The Balaban J connectivity index is 0.00000169. The molecule has 1 aliphatic heterocycles. The molecule has 0 saturated carbocycles. The van der Waals surface area contributed by atoms with E-state index in [1.165, 1.54) is 11.8 Å². The largest absolute Gasteiger partial charge is 1.00 e. The van der Waals surface area contributed by atoms with Gasteiger partial charge >= 0.3 is 18.9 Å². The van der Waals surface area contributed by atoms with E-state index in [-0.39, 0.29) is 24.8 Å². The molecule has 0 bridgehead atoms. The topological polar surface area (TPSA) is 60.4 Å². The maximum absolute atomic E-state index is 11.4. The van der Waals surface area contributed by atoms with E-state index in [4.69, 9.17) is 11.6 Å². The fraction of sp³-hybridized carbons (Fsp3) is 0.750. The summed E-state index contributed by atoms with van der Waals surface area (Å²) < 4.78 is 0. The molecule has 6 heteroatoms. The summed E-state index contributed by atoms with van der Waals surface area (Å²) in [6, 6.07) is -0.784. The van der Waals surface area contributed by atoms with Gasteiger partial charge in [-0.05, 0) is 19.8 Å². The molecule has 0 unspecified atom stereocenters. The van der Waals surface area contributed by atoms with Crippen LogP contribution in [0.5, 0.6) is 0 Å². The summed E-state index contributed by atoms with van der Waals surface area (Å²) in [6.07, 6.45) is 1.17. The van der Waals surface area contributed by atoms with Gasteiger partial charge in [-0.1, -0.05) is 0 Å². The van der Waals surface area contributed by atoms with E-state index in [1.807, 2.05) is 0 Å². The molecule has 0 aliphatic carbocycles. The minimum Gasteiger partial charge on any atom is -0.548 e. The summed E-state index contributed by atoms with van der Waals surface area (Å²) in [5.41, 5.74) is 0. The van der Waals surface area contributed by atoms with E-state index in [0.717, 1.165) is 0 Å². The molecule has 1 amide bonds. The van der Waals surface area contributed by atoms with Crippen LogP contribution in [-0.4, -0.2) is 34.7 Å². The first-order valence-electron chi connectivity index (χ1n) is 4.19. The van der Waals surface area contributed by atoms with Crippen molar-refractivity contribution in [2.75, 3.05) is 6.54 Å². The summed E-state index contributed by atoms with van der Waals surface area (Å²) >= 11 is 5.57. The molecule has 1 aliphatic rings. The van der Waals surface area contributed by atoms with E-state index >= 15 is 0 Å². The number of rotatable bonds is 2. The van der Waals surface area contributed by atoms with Crippen LogP contribution in [-0.2, 0) is 9.59 Å². The molecule has 14 heavy (non-hydrogen) atoms. The number of amides is 1. The molecule has 0 aromatic carbocycles. The van der Waals surface area contributed by atoms with Gasteiger partial charge < -0.3 is 14.8 Å². The predicted octanol–water partition coefficient (Wildman–Crippen LogP) is -3.64. The molecule has 0 radical (unpaired) electrons. The van der Waals surface area contributed by atoms with Gasteiger partial charge in [0.25, 0.3) is 0 Å². The first-order chi connectivity index (χ1) is 6.04. The number of alkyl halides is 1. The van der Waals surface area contributed by atoms with Crippen molar-refractivity contribution in [3.8, 4) is 0 Å². The van der Waals surface area contributed by atoms with E-state index in [2.05, 4.69) is 0 Å². The Kier molecular flexibility index (Phi) is 5.58. The van der Waals surface area contributed by atoms with E-state index in [1.54, 1.807) is 0 Å². The number of carboxylic acid groups (broad SMARTS) is 1. The van der Waals surface area contributed by atoms with Crippen LogP contribution in [0, 0.1) is 0 Å². The number of carboxylic acids is 1. The number of hydrogen-bond donors (Lipinski definition) is 0. The third-order valence-electron chi connectivity index (χ3n) is 2.15.